The molecule has 0 bridgehead atoms. The minimum atomic E-state index is 0.0589. The molecule has 4 nitrogen and oxygen atoms in total. The Morgan fingerprint density at radius 1 is 1.24 bits per heavy atom. The number of aromatic nitrogens is 1. The van der Waals surface area contributed by atoms with Crippen molar-refractivity contribution in [1.82, 2.24) is 15.2 Å². The van der Waals surface area contributed by atoms with Gasteiger partial charge < -0.3 is 10.2 Å². The molecule has 0 radical (unpaired) electrons. The van der Waals surface area contributed by atoms with Crippen LogP contribution in [0.4, 0.5) is 0 Å². The van der Waals surface area contributed by atoms with Gasteiger partial charge in [-0.15, -0.1) is 0 Å². The molecule has 1 aliphatic heterocycles. The molecule has 0 unspecified atom stereocenters. The zero-order chi connectivity index (χ0) is 14.7. The fraction of sp³-hybridized carbons (Fsp3) is 0.412. The van der Waals surface area contributed by atoms with Crippen LogP contribution in [0.5, 0.6) is 0 Å². The van der Waals surface area contributed by atoms with Crippen molar-refractivity contribution in [2.24, 2.45) is 5.92 Å². The van der Waals surface area contributed by atoms with Crippen LogP contribution >= 0.6 is 0 Å². The number of para-hydroxylation sites is 1. The van der Waals surface area contributed by atoms with Gasteiger partial charge >= 0.3 is 0 Å². The summed E-state index contributed by atoms with van der Waals surface area (Å²) in [7, 11) is 1.98. The predicted molar refractivity (Wildman–Crippen MR) is 84.3 cm³/mol. The van der Waals surface area contributed by atoms with E-state index in [4.69, 9.17) is 0 Å². The van der Waals surface area contributed by atoms with Crippen molar-refractivity contribution in [3.63, 3.8) is 0 Å². The standard InChI is InChI=1S/C17H21N3O/c1-18-12-13-8-10-20(11-9-13)17(21)16-7-6-14-4-2-3-5-15(14)19-16/h2-7,13,18H,8-12H2,1H3. The van der Waals surface area contributed by atoms with Crippen LogP contribution in [-0.2, 0) is 0 Å². The van der Waals surface area contributed by atoms with E-state index in [1.807, 2.05) is 48.3 Å². The molecule has 0 saturated carbocycles. The Hall–Kier alpha value is -1.94. The van der Waals surface area contributed by atoms with Crippen molar-refractivity contribution in [2.75, 3.05) is 26.7 Å². The number of likely N-dealkylation sites (tertiary alicyclic amines) is 1. The number of fused-ring (bicyclic) bond motifs is 1. The van der Waals surface area contributed by atoms with Gasteiger partial charge in [0.1, 0.15) is 5.69 Å². The van der Waals surface area contributed by atoms with E-state index in [2.05, 4.69) is 10.3 Å². The number of hydrogen-bond donors (Lipinski definition) is 1. The number of hydrogen-bond acceptors (Lipinski definition) is 3. The maximum atomic E-state index is 12.6. The quantitative estimate of drug-likeness (QED) is 0.940. The minimum absolute atomic E-state index is 0.0589. The summed E-state index contributed by atoms with van der Waals surface area (Å²) in [4.78, 5) is 19.0. The fourth-order valence-corrected chi connectivity index (χ4v) is 2.98. The average Bonchev–Trinajstić information content (AvgIpc) is 2.55. The second-order valence-electron chi connectivity index (χ2n) is 5.68. The molecule has 1 N–H and O–H groups in total. The first-order valence-corrected chi connectivity index (χ1v) is 7.57. The normalized spacial score (nSPS) is 16.3. The van der Waals surface area contributed by atoms with Crippen molar-refractivity contribution in [2.45, 2.75) is 12.8 Å². The van der Waals surface area contributed by atoms with Gasteiger partial charge in [-0.05, 0) is 44.5 Å². The molecule has 0 aliphatic carbocycles. The molecular formula is C17H21N3O. The Kier molecular flexibility index (Phi) is 4.15. The van der Waals surface area contributed by atoms with E-state index < -0.39 is 0 Å². The van der Waals surface area contributed by atoms with Crippen LogP contribution in [0.1, 0.15) is 23.3 Å². The molecule has 1 aromatic heterocycles. The number of pyridine rings is 1. The lowest BCUT2D eigenvalue weighted by Crippen LogP contribution is -2.40. The maximum Gasteiger partial charge on any atom is 0.272 e. The number of nitrogens with zero attached hydrogens (tertiary/aromatic N) is 2. The molecule has 0 spiro atoms. The summed E-state index contributed by atoms with van der Waals surface area (Å²) in [6.07, 6.45) is 2.14. The number of nitrogens with one attached hydrogen (secondary N) is 1. The first-order chi connectivity index (χ1) is 10.3. The van der Waals surface area contributed by atoms with Gasteiger partial charge in [0, 0.05) is 18.5 Å². The summed E-state index contributed by atoms with van der Waals surface area (Å²) >= 11 is 0. The molecule has 1 amide bonds. The van der Waals surface area contributed by atoms with Crippen LogP contribution in [0.15, 0.2) is 36.4 Å². The van der Waals surface area contributed by atoms with Gasteiger partial charge in [-0.2, -0.15) is 0 Å². The SMILES string of the molecule is CNCC1CCN(C(=O)c2ccc3ccccc3n2)CC1. The minimum Gasteiger partial charge on any atom is -0.337 e. The second kappa shape index (κ2) is 6.22. The molecule has 0 atom stereocenters. The van der Waals surface area contributed by atoms with Gasteiger partial charge in [-0.25, -0.2) is 4.98 Å². The Labute approximate surface area is 125 Å². The Bertz CT molecular complexity index is 633. The molecule has 1 aliphatic rings. The van der Waals surface area contributed by atoms with E-state index in [0.29, 0.717) is 11.6 Å². The van der Waals surface area contributed by atoms with Gasteiger partial charge in [-0.1, -0.05) is 24.3 Å². The van der Waals surface area contributed by atoms with Crippen LogP contribution in [0, 0.1) is 5.92 Å². The second-order valence-corrected chi connectivity index (χ2v) is 5.68. The summed E-state index contributed by atoms with van der Waals surface area (Å²) in [6.45, 7) is 2.70. The molecule has 110 valence electrons. The van der Waals surface area contributed by atoms with Crippen LogP contribution < -0.4 is 5.32 Å². The van der Waals surface area contributed by atoms with Gasteiger partial charge in [0.05, 0.1) is 5.52 Å². The zero-order valence-corrected chi connectivity index (χ0v) is 12.4. The van der Waals surface area contributed by atoms with Gasteiger partial charge in [0.25, 0.3) is 5.91 Å². The summed E-state index contributed by atoms with van der Waals surface area (Å²) in [5.41, 5.74) is 1.44. The van der Waals surface area contributed by atoms with Crippen LogP contribution in [0.2, 0.25) is 0 Å². The van der Waals surface area contributed by atoms with Gasteiger partial charge in [-0.3, -0.25) is 4.79 Å². The summed E-state index contributed by atoms with van der Waals surface area (Å²) in [6, 6.07) is 11.7. The average molecular weight is 283 g/mol. The molecule has 2 heterocycles. The van der Waals surface area contributed by atoms with Crippen molar-refractivity contribution in [1.29, 1.82) is 0 Å². The number of rotatable bonds is 3. The highest BCUT2D eigenvalue weighted by Gasteiger charge is 2.23. The third-order valence-electron chi connectivity index (χ3n) is 4.21. The third kappa shape index (κ3) is 3.05. The van der Waals surface area contributed by atoms with E-state index in [9.17, 15) is 4.79 Å². The number of piperidine rings is 1. The van der Waals surface area contributed by atoms with E-state index in [-0.39, 0.29) is 5.91 Å². The van der Waals surface area contributed by atoms with Crippen LogP contribution in [0.25, 0.3) is 10.9 Å². The van der Waals surface area contributed by atoms with Crippen LogP contribution in [0.3, 0.4) is 0 Å². The number of carbonyl (C=O) groups is 1. The highest BCUT2D eigenvalue weighted by atomic mass is 16.2. The molecular weight excluding hydrogens is 262 g/mol. The van der Waals surface area contributed by atoms with E-state index in [0.717, 1.165) is 43.4 Å². The number of carbonyl (C=O) groups excluding carboxylic acids is 1. The lowest BCUT2D eigenvalue weighted by molar-refractivity contribution is 0.0685. The molecule has 4 heteroatoms. The molecule has 2 aromatic rings. The van der Waals surface area contributed by atoms with E-state index >= 15 is 0 Å². The van der Waals surface area contributed by atoms with Gasteiger partial charge in [0.2, 0.25) is 0 Å². The highest BCUT2D eigenvalue weighted by Crippen LogP contribution is 2.19. The predicted octanol–water partition coefficient (Wildman–Crippen LogP) is 2.31. The van der Waals surface area contributed by atoms with Crippen molar-refractivity contribution in [3.8, 4) is 0 Å². The lowest BCUT2D eigenvalue weighted by Gasteiger charge is -2.31. The Morgan fingerprint density at radius 3 is 2.76 bits per heavy atom. The van der Waals surface area contributed by atoms with E-state index in [1.54, 1.807) is 0 Å². The molecule has 1 fully saturated rings. The molecule has 1 aromatic carbocycles. The zero-order valence-electron chi connectivity index (χ0n) is 12.4. The fourth-order valence-electron chi connectivity index (χ4n) is 2.98. The van der Waals surface area contributed by atoms with Crippen molar-refractivity contribution >= 4 is 16.8 Å². The molecule has 3 rings (SSSR count). The first kappa shape index (κ1) is 14.0. The summed E-state index contributed by atoms with van der Waals surface area (Å²) in [5.74, 6) is 0.743. The van der Waals surface area contributed by atoms with Crippen LogP contribution in [-0.4, -0.2) is 42.5 Å². The van der Waals surface area contributed by atoms with E-state index in [1.165, 1.54) is 0 Å². The van der Waals surface area contributed by atoms with Crippen molar-refractivity contribution < 1.29 is 4.79 Å². The molecule has 21 heavy (non-hydrogen) atoms. The highest BCUT2D eigenvalue weighted by molar-refractivity contribution is 5.94. The topological polar surface area (TPSA) is 45.2 Å². The first-order valence-electron chi connectivity index (χ1n) is 7.57. The lowest BCUT2D eigenvalue weighted by atomic mass is 9.96. The molecule has 1 saturated heterocycles. The van der Waals surface area contributed by atoms with Gasteiger partial charge in [0.15, 0.2) is 0 Å². The summed E-state index contributed by atoms with van der Waals surface area (Å²) < 4.78 is 0. The maximum absolute atomic E-state index is 12.6. The Balaban J connectivity index is 1.72. The smallest absolute Gasteiger partial charge is 0.272 e. The largest absolute Gasteiger partial charge is 0.337 e. The Morgan fingerprint density at radius 2 is 2.00 bits per heavy atom. The summed E-state index contributed by atoms with van der Waals surface area (Å²) in [5, 5.41) is 4.29. The number of benzene rings is 1. The third-order valence-corrected chi connectivity index (χ3v) is 4.21. The monoisotopic (exact) mass is 283 g/mol. The number of amides is 1. The van der Waals surface area contributed by atoms with Crippen molar-refractivity contribution in [3.05, 3.63) is 42.1 Å².